The third kappa shape index (κ3) is 4.07. The zero-order valence-corrected chi connectivity index (χ0v) is 13.2. The first kappa shape index (κ1) is 17.4. The second kappa shape index (κ2) is 6.66. The summed E-state index contributed by atoms with van der Waals surface area (Å²) in [7, 11) is 0. The van der Waals surface area contributed by atoms with E-state index in [-0.39, 0.29) is 17.9 Å². The molecule has 0 atom stereocenters. The molecule has 1 heterocycles. The van der Waals surface area contributed by atoms with Crippen molar-refractivity contribution >= 4 is 12.5 Å². The number of ketones is 1. The van der Waals surface area contributed by atoms with E-state index in [1.807, 2.05) is 4.90 Å². The van der Waals surface area contributed by atoms with Crippen LogP contribution in [0.5, 0.6) is 0 Å². The van der Waals surface area contributed by atoms with Gasteiger partial charge < -0.3 is 0 Å². The smallest absolute Gasteiger partial charge is 0.270 e. The lowest BCUT2D eigenvalue weighted by atomic mass is 10.0. The lowest BCUT2D eigenvalue weighted by molar-refractivity contribution is -0.114. The van der Waals surface area contributed by atoms with E-state index in [1.165, 1.54) is 19.1 Å². The molecular weight excluding hydrogens is 305 g/mol. The minimum Gasteiger partial charge on any atom is -0.295 e. The summed E-state index contributed by atoms with van der Waals surface area (Å²) in [5.41, 5.74) is 1.23. The minimum atomic E-state index is -3.07. The molecule has 0 aromatic heterocycles. The number of Topliss-reactive ketones (excluding diaryl/α,β-unsaturated/α-hetero) is 1. The number of nitrogens with zero attached hydrogens (tertiary/aromatic N) is 2. The highest BCUT2D eigenvalue weighted by Gasteiger charge is 2.26. The van der Waals surface area contributed by atoms with Gasteiger partial charge in [-0.2, -0.15) is 0 Å². The summed E-state index contributed by atoms with van der Waals surface area (Å²) in [6, 6.07) is 3.49. The maximum absolute atomic E-state index is 14.1. The zero-order chi connectivity index (χ0) is 17.2. The van der Waals surface area contributed by atoms with E-state index in [1.54, 1.807) is 0 Å². The van der Waals surface area contributed by atoms with Crippen molar-refractivity contribution in [2.45, 2.75) is 32.7 Å². The monoisotopic (exact) mass is 324 g/mol. The van der Waals surface area contributed by atoms with Crippen LogP contribution in [0.3, 0.4) is 0 Å². The van der Waals surface area contributed by atoms with Crippen molar-refractivity contribution in [2.75, 3.05) is 13.1 Å². The van der Waals surface area contributed by atoms with Gasteiger partial charge in [-0.1, -0.05) is 12.1 Å². The summed E-state index contributed by atoms with van der Waals surface area (Å²) in [6.45, 7) is 6.88. The van der Waals surface area contributed by atoms with Crippen LogP contribution in [0.15, 0.2) is 34.5 Å². The molecule has 0 saturated heterocycles. The van der Waals surface area contributed by atoms with Gasteiger partial charge in [-0.3, -0.25) is 14.7 Å². The molecule has 0 N–H and O–H groups in total. The number of benzene rings is 1. The molecule has 0 fully saturated rings. The number of hydrogen-bond acceptors (Lipinski definition) is 3. The van der Waals surface area contributed by atoms with Gasteiger partial charge in [0.1, 0.15) is 5.82 Å². The molecule has 0 bridgehead atoms. The maximum atomic E-state index is 14.1. The van der Waals surface area contributed by atoms with E-state index in [0.29, 0.717) is 36.3 Å². The number of hydrogen-bond donors (Lipinski definition) is 0. The number of halogens is 3. The quantitative estimate of drug-likeness (QED) is 0.774. The van der Waals surface area contributed by atoms with Crippen LogP contribution in [0, 0.1) is 5.82 Å². The Morgan fingerprint density at radius 2 is 2.13 bits per heavy atom. The van der Waals surface area contributed by atoms with E-state index >= 15 is 0 Å². The summed E-state index contributed by atoms with van der Waals surface area (Å²) in [4.78, 5) is 17.4. The van der Waals surface area contributed by atoms with Crippen molar-refractivity contribution in [2.24, 2.45) is 4.99 Å². The molecule has 0 unspecified atom stereocenters. The van der Waals surface area contributed by atoms with Crippen LogP contribution in [0.25, 0.3) is 0 Å². The number of carbonyl (C=O) groups excluding carboxylic acids is 1. The summed E-state index contributed by atoms with van der Waals surface area (Å²) in [5.74, 6) is -3.82. The summed E-state index contributed by atoms with van der Waals surface area (Å²) in [5, 5.41) is 0. The van der Waals surface area contributed by atoms with Crippen molar-refractivity contribution in [1.29, 1.82) is 0 Å². The lowest BCUT2D eigenvalue weighted by Gasteiger charge is -2.28. The first-order valence-electron chi connectivity index (χ1n) is 7.31. The number of aliphatic imine (C=N–C) groups is 1. The third-order valence-electron chi connectivity index (χ3n) is 3.96. The zero-order valence-electron chi connectivity index (χ0n) is 13.2. The second-order valence-corrected chi connectivity index (χ2v) is 5.79. The Morgan fingerprint density at radius 1 is 1.43 bits per heavy atom. The number of alkyl halides is 2. The van der Waals surface area contributed by atoms with Gasteiger partial charge >= 0.3 is 0 Å². The van der Waals surface area contributed by atoms with Gasteiger partial charge in [0, 0.05) is 55.4 Å². The third-order valence-corrected chi connectivity index (χ3v) is 3.96. The van der Waals surface area contributed by atoms with Gasteiger partial charge in [0.15, 0.2) is 5.78 Å². The fraction of sp³-hybridized carbons (Fsp3) is 0.412. The van der Waals surface area contributed by atoms with Gasteiger partial charge in [0.25, 0.3) is 5.92 Å². The summed E-state index contributed by atoms with van der Waals surface area (Å²) >= 11 is 0. The predicted molar refractivity (Wildman–Crippen MR) is 83.1 cm³/mol. The molecule has 1 aromatic rings. The summed E-state index contributed by atoms with van der Waals surface area (Å²) in [6.07, 6.45) is 0.561. The average molecular weight is 324 g/mol. The molecule has 0 amide bonds. The highest BCUT2D eigenvalue weighted by molar-refractivity contribution is 5.94. The van der Waals surface area contributed by atoms with E-state index in [2.05, 4.69) is 11.7 Å². The molecule has 0 radical (unpaired) electrons. The first-order valence-corrected chi connectivity index (χ1v) is 7.31. The van der Waals surface area contributed by atoms with Crippen LogP contribution in [0.2, 0.25) is 0 Å². The second-order valence-electron chi connectivity index (χ2n) is 5.79. The van der Waals surface area contributed by atoms with Crippen LogP contribution >= 0.6 is 0 Å². The van der Waals surface area contributed by atoms with Gasteiger partial charge in [-0.15, -0.1) is 0 Å². The van der Waals surface area contributed by atoms with Crippen LogP contribution in [0.4, 0.5) is 13.2 Å². The predicted octanol–water partition coefficient (Wildman–Crippen LogP) is 3.69. The lowest BCUT2D eigenvalue weighted by Crippen LogP contribution is -2.33. The molecule has 23 heavy (non-hydrogen) atoms. The van der Waals surface area contributed by atoms with Gasteiger partial charge in [0.05, 0.1) is 0 Å². The van der Waals surface area contributed by atoms with Crippen molar-refractivity contribution in [1.82, 2.24) is 4.90 Å². The molecule has 0 spiro atoms. The highest BCUT2D eigenvalue weighted by Crippen LogP contribution is 2.29. The average Bonchev–Trinajstić information content (AvgIpc) is 2.48. The van der Waals surface area contributed by atoms with E-state index in [9.17, 15) is 18.0 Å². The van der Waals surface area contributed by atoms with Gasteiger partial charge in [-0.25, -0.2) is 13.2 Å². The Morgan fingerprint density at radius 3 is 2.65 bits per heavy atom. The SMILES string of the molecule is C=NC1=C(C(C)=O)CN(Cc2ccc(C(C)(F)F)cc2F)CC1. The van der Waals surface area contributed by atoms with Crippen LogP contribution in [0.1, 0.15) is 31.4 Å². The Bertz CT molecular complexity index is 662. The normalized spacial score (nSPS) is 16.6. The first-order chi connectivity index (χ1) is 10.7. The van der Waals surface area contributed by atoms with Gasteiger partial charge in [0.2, 0.25) is 0 Å². The molecule has 1 aromatic carbocycles. The summed E-state index contributed by atoms with van der Waals surface area (Å²) < 4.78 is 40.5. The minimum absolute atomic E-state index is 0.0847. The number of rotatable bonds is 5. The van der Waals surface area contributed by atoms with Crippen LogP contribution < -0.4 is 0 Å². The number of carbonyl (C=O) groups is 1. The molecule has 0 aliphatic carbocycles. The molecule has 0 saturated carbocycles. The van der Waals surface area contributed by atoms with Crippen molar-refractivity contribution in [3.63, 3.8) is 0 Å². The molecule has 1 aliphatic heterocycles. The Balaban J connectivity index is 2.16. The van der Waals surface area contributed by atoms with Gasteiger partial charge in [-0.05, 0) is 19.7 Å². The van der Waals surface area contributed by atoms with Crippen molar-refractivity contribution in [3.8, 4) is 0 Å². The molecular formula is C17H19F3N2O. The standard InChI is InChI=1S/C17H19F3N2O/c1-11(23)14-10-22(7-6-16(14)21-3)9-12-4-5-13(8-15(12)18)17(2,19)20/h4-5,8H,3,6-7,9-10H2,1-2H3. The maximum Gasteiger partial charge on any atom is 0.270 e. The highest BCUT2D eigenvalue weighted by atomic mass is 19.3. The van der Waals surface area contributed by atoms with E-state index in [4.69, 9.17) is 0 Å². The topological polar surface area (TPSA) is 32.7 Å². The molecule has 124 valence electrons. The Labute approximate surface area is 133 Å². The van der Waals surface area contributed by atoms with Crippen LogP contribution in [-0.2, 0) is 17.3 Å². The molecule has 3 nitrogen and oxygen atoms in total. The van der Waals surface area contributed by atoms with Crippen molar-refractivity contribution in [3.05, 3.63) is 46.4 Å². The fourth-order valence-electron chi connectivity index (χ4n) is 2.62. The fourth-order valence-corrected chi connectivity index (χ4v) is 2.62. The molecule has 6 heteroatoms. The molecule has 1 aliphatic rings. The van der Waals surface area contributed by atoms with E-state index < -0.39 is 11.7 Å². The molecule has 2 rings (SSSR count). The largest absolute Gasteiger partial charge is 0.295 e. The van der Waals surface area contributed by atoms with Crippen LogP contribution in [-0.4, -0.2) is 30.5 Å². The Kier molecular flexibility index (Phi) is 5.04. The Hall–Kier alpha value is -1.95. The van der Waals surface area contributed by atoms with E-state index in [0.717, 1.165) is 13.0 Å². The van der Waals surface area contributed by atoms with Crippen molar-refractivity contribution < 1.29 is 18.0 Å².